The molecule has 1 aromatic carbocycles. The molecular weight excluding hydrogens is 392 g/mol. The van der Waals surface area contributed by atoms with Crippen LogP contribution in [-0.2, 0) is 26.0 Å². The standard InChI is InChI=1S/C21H28N2O5S/c1-27-17-7-2-4-15(10-17)8-9-23-14-21-13-22(20(24)16-5-3-6-16)12-18(28-21)11-19(21)29(23,25)26/h2,4,7,10,16,18-19H,3,5-6,8-9,11-14H2,1H3/t18-,19+,21+/m1/s1. The summed E-state index contributed by atoms with van der Waals surface area (Å²) in [6.45, 7) is 1.69. The normalized spacial score (nSPS) is 33.3. The summed E-state index contributed by atoms with van der Waals surface area (Å²) in [5.41, 5.74) is 0.272. The van der Waals surface area contributed by atoms with Crippen molar-refractivity contribution < 1.29 is 22.7 Å². The molecule has 1 aromatic rings. The number of rotatable bonds is 5. The average Bonchev–Trinajstić information content (AvgIpc) is 3.04. The molecule has 4 fully saturated rings. The number of carbonyl (C=O) groups is 1. The molecule has 1 spiro atoms. The summed E-state index contributed by atoms with van der Waals surface area (Å²) < 4.78 is 39.6. The van der Waals surface area contributed by atoms with Crippen LogP contribution in [0.5, 0.6) is 5.75 Å². The van der Waals surface area contributed by atoms with Crippen LogP contribution in [-0.4, -0.2) is 73.8 Å². The predicted octanol–water partition coefficient (Wildman–Crippen LogP) is 1.42. The van der Waals surface area contributed by atoms with Crippen molar-refractivity contribution in [3.8, 4) is 5.75 Å². The Hall–Kier alpha value is -1.64. The third-order valence-corrected chi connectivity index (χ3v) is 9.43. The number of carbonyl (C=O) groups excluding carboxylic acids is 1. The van der Waals surface area contributed by atoms with Crippen molar-refractivity contribution in [1.29, 1.82) is 0 Å². The number of fused-ring (bicyclic) bond motifs is 1. The van der Waals surface area contributed by atoms with Gasteiger partial charge in [-0.2, -0.15) is 4.31 Å². The number of hydrogen-bond acceptors (Lipinski definition) is 5. The van der Waals surface area contributed by atoms with Crippen molar-refractivity contribution in [2.24, 2.45) is 5.92 Å². The highest BCUT2D eigenvalue weighted by molar-refractivity contribution is 7.90. The number of ether oxygens (including phenoxy) is 2. The van der Waals surface area contributed by atoms with Gasteiger partial charge >= 0.3 is 0 Å². The lowest BCUT2D eigenvalue weighted by atomic mass is 9.84. The van der Waals surface area contributed by atoms with Gasteiger partial charge in [0.05, 0.1) is 19.8 Å². The van der Waals surface area contributed by atoms with Gasteiger partial charge in [-0.1, -0.05) is 18.6 Å². The maximum absolute atomic E-state index is 13.3. The number of benzene rings is 1. The molecule has 7 nitrogen and oxygen atoms in total. The Balaban J connectivity index is 1.32. The first-order valence-electron chi connectivity index (χ1n) is 10.5. The number of methoxy groups -OCH3 is 1. The Morgan fingerprint density at radius 2 is 2.14 bits per heavy atom. The van der Waals surface area contributed by atoms with Crippen LogP contribution in [0.2, 0.25) is 0 Å². The van der Waals surface area contributed by atoms with Gasteiger partial charge in [-0.05, 0) is 43.4 Å². The maximum atomic E-state index is 13.3. The number of sulfonamides is 1. The first kappa shape index (κ1) is 19.3. The van der Waals surface area contributed by atoms with Gasteiger partial charge in [0, 0.05) is 25.6 Å². The van der Waals surface area contributed by atoms with Gasteiger partial charge in [-0.15, -0.1) is 0 Å². The summed E-state index contributed by atoms with van der Waals surface area (Å²) in [5, 5.41) is -0.537. The molecule has 0 unspecified atom stereocenters. The highest BCUT2D eigenvalue weighted by Gasteiger charge is 2.65. The van der Waals surface area contributed by atoms with E-state index in [-0.39, 0.29) is 17.9 Å². The quantitative estimate of drug-likeness (QED) is 0.720. The van der Waals surface area contributed by atoms with Crippen LogP contribution in [0.1, 0.15) is 31.2 Å². The fraction of sp³-hybridized carbons (Fsp3) is 0.667. The Bertz CT molecular complexity index is 915. The molecule has 0 radical (unpaired) electrons. The lowest BCUT2D eigenvalue weighted by molar-refractivity contribution is -0.156. The molecule has 3 heterocycles. The van der Waals surface area contributed by atoms with Crippen LogP contribution < -0.4 is 4.74 Å². The lowest BCUT2D eigenvalue weighted by Crippen LogP contribution is -2.57. The number of likely N-dealkylation sites (tertiary alicyclic amines) is 1. The second-order valence-corrected chi connectivity index (χ2v) is 11.0. The molecule has 3 saturated heterocycles. The molecule has 3 atom stereocenters. The second-order valence-electron chi connectivity index (χ2n) is 8.86. The third kappa shape index (κ3) is 3.16. The van der Waals surface area contributed by atoms with Crippen molar-refractivity contribution in [2.75, 3.05) is 33.3 Å². The van der Waals surface area contributed by atoms with Gasteiger partial charge in [0.1, 0.15) is 16.6 Å². The van der Waals surface area contributed by atoms with Crippen molar-refractivity contribution in [1.82, 2.24) is 9.21 Å². The first-order valence-corrected chi connectivity index (χ1v) is 12.0. The van der Waals surface area contributed by atoms with Crippen LogP contribution in [0.25, 0.3) is 0 Å². The zero-order valence-corrected chi connectivity index (χ0v) is 17.6. The van der Waals surface area contributed by atoms with E-state index in [1.807, 2.05) is 29.2 Å². The van der Waals surface area contributed by atoms with Crippen LogP contribution in [0.3, 0.4) is 0 Å². The molecular formula is C21H28N2O5S. The molecule has 29 heavy (non-hydrogen) atoms. The summed E-state index contributed by atoms with van der Waals surface area (Å²) in [6, 6.07) is 7.71. The van der Waals surface area contributed by atoms with E-state index in [2.05, 4.69) is 0 Å². The Morgan fingerprint density at radius 1 is 1.31 bits per heavy atom. The topological polar surface area (TPSA) is 76.2 Å². The fourth-order valence-electron chi connectivity index (χ4n) is 5.31. The van der Waals surface area contributed by atoms with E-state index < -0.39 is 20.9 Å². The van der Waals surface area contributed by atoms with E-state index in [4.69, 9.17) is 9.47 Å². The number of morpholine rings is 1. The monoisotopic (exact) mass is 420 g/mol. The molecule has 158 valence electrons. The van der Waals surface area contributed by atoms with Gasteiger partial charge < -0.3 is 14.4 Å². The van der Waals surface area contributed by atoms with E-state index >= 15 is 0 Å². The largest absolute Gasteiger partial charge is 0.497 e. The third-order valence-electron chi connectivity index (χ3n) is 7.06. The Kier molecular flexibility index (Phi) is 4.64. The number of nitrogens with zero attached hydrogens (tertiary/aromatic N) is 2. The summed E-state index contributed by atoms with van der Waals surface area (Å²) >= 11 is 0. The van der Waals surface area contributed by atoms with Gasteiger partial charge in [-0.3, -0.25) is 4.79 Å². The minimum atomic E-state index is -3.44. The molecule has 0 N–H and O–H groups in total. The SMILES string of the molecule is COc1cccc(CCN2C[C@@]34CN(C(=O)C5CCC5)C[C@@H](C[C@@H]3S2(=O)=O)O4)c1. The van der Waals surface area contributed by atoms with Crippen molar-refractivity contribution in [2.45, 2.75) is 49.1 Å². The summed E-state index contributed by atoms with van der Waals surface area (Å²) in [6.07, 6.45) is 3.99. The molecule has 2 bridgehead atoms. The zero-order chi connectivity index (χ0) is 20.2. The number of amides is 1. The molecule has 8 heteroatoms. The van der Waals surface area contributed by atoms with Crippen LogP contribution in [0.4, 0.5) is 0 Å². The zero-order valence-electron chi connectivity index (χ0n) is 16.7. The van der Waals surface area contributed by atoms with Crippen molar-refractivity contribution in [3.05, 3.63) is 29.8 Å². The smallest absolute Gasteiger partial charge is 0.225 e. The van der Waals surface area contributed by atoms with Gasteiger partial charge in [0.2, 0.25) is 15.9 Å². The summed E-state index contributed by atoms with van der Waals surface area (Å²) in [7, 11) is -1.81. The highest BCUT2D eigenvalue weighted by atomic mass is 32.2. The fourth-order valence-corrected chi connectivity index (χ4v) is 7.62. The van der Waals surface area contributed by atoms with Crippen molar-refractivity contribution >= 4 is 15.9 Å². The highest BCUT2D eigenvalue weighted by Crippen LogP contribution is 2.47. The van der Waals surface area contributed by atoms with E-state index in [0.717, 1.165) is 30.6 Å². The maximum Gasteiger partial charge on any atom is 0.225 e. The van der Waals surface area contributed by atoms with Gasteiger partial charge in [0.15, 0.2) is 0 Å². The van der Waals surface area contributed by atoms with Gasteiger partial charge in [-0.25, -0.2) is 8.42 Å². The minimum Gasteiger partial charge on any atom is -0.497 e. The van der Waals surface area contributed by atoms with Crippen LogP contribution in [0.15, 0.2) is 24.3 Å². The predicted molar refractivity (Wildman–Crippen MR) is 107 cm³/mol. The molecule has 1 saturated carbocycles. The minimum absolute atomic E-state index is 0.129. The van der Waals surface area contributed by atoms with Crippen LogP contribution >= 0.6 is 0 Å². The van der Waals surface area contributed by atoms with E-state index in [1.165, 1.54) is 0 Å². The summed E-state index contributed by atoms with van der Waals surface area (Å²) in [5.74, 6) is 1.09. The average molecular weight is 421 g/mol. The molecule has 1 aliphatic carbocycles. The Morgan fingerprint density at radius 3 is 2.86 bits per heavy atom. The molecule has 4 aliphatic rings. The van der Waals surface area contributed by atoms with Crippen molar-refractivity contribution in [3.63, 3.8) is 0 Å². The molecule has 5 rings (SSSR count). The number of hydrogen-bond donors (Lipinski definition) is 0. The molecule has 1 amide bonds. The van der Waals surface area contributed by atoms with E-state index in [9.17, 15) is 13.2 Å². The van der Waals surface area contributed by atoms with Crippen LogP contribution in [0, 0.1) is 5.92 Å². The summed E-state index contributed by atoms with van der Waals surface area (Å²) in [4.78, 5) is 14.7. The molecule has 3 aliphatic heterocycles. The Labute approximate surface area is 172 Å². The van der Waals surface area contributed by atoms with E-state index in [1.54, 1.807) is 11.4 Å². The second kappa shape index (κ2) is 6.96. The van der Waals surface area contributed by atoms with Gasteiger partial charge in [0.25, 0.3) is 0 Å². The molecule has 0 aromatic heterocycles. The lowest BCUT2D eigenvalue weighted by Gasteiger charge is -2.42. The first-order chi connectivity index (χ1) is 13.9. The van der Waals surface area contributed by atoms with E-state index in [0.29, 0.717) is 39.0 Å².